The van der Waals surface area contributed by atoms with E-state index in [1.54, 1.807) is 36.2 Å². The molecular weight excluding hydrogens is 292 g/mol. The number of aromatic nitrogens is 6. The minimum Gasteiger partial charge on any atom is -0.265 e. The quantitative estimate of drug-likeness (QED) is 0.490. The Hall–Kier alpha value is -1.02. The first-order valence-corrected chi connectivity index (χ1v) is 8.89. The van der Waals surface area contributed by atoms with Crippen LogP contribution in [-0.4, -0.2) is 41.9 Å². The second-order valence-electron chi connectivity index (χ2n) is 4.38. The fraction of sp³-hybridized carbons (Fsp3) is 0.667. The fourth-order valence-corrected chi connectivity index (χ4v) is 3.32. The molecule has 0 aliphatic carbocycles. The van der Waals surface area contributed by atoms with Gasteiger partial charge in [0.1, 0.15) is 12.7 Å². The molecular formula is C12H20N6S2. The molecule has 0 spiro atoms. The highest BCUT2D eigenvalue weighted by Crippen LogP contribution is 2.16. The zero-order valence-corrected chi connectivity index (χ0v) is 13.0. The molecule has 20 heavy (non-hydrogen) atoms. The van der Waals surface area contributed by atoms with Gasteiger partial charge in [-0.3, -0.25) is 10.2 Å². The Labute approximate surface area is 127 Å². The minimum absolute atomic E-state index is 0.856. The number of rotatable bonds is 11. The predicted octanol–water partition coefficient (Wildman–Crippen LogP) is 3.15. The number of aromatic amines is 2. The normalized spacial score (nSPS) is 11.0. The van der Waals surface area contributed by atoms with Gasteiger partial charge in [-0.15, -0.1) is 10.2 Å². The Morgan fingerprint density at radius 2 is 1.15 bits per heavy atom. The fourth-order valence-electron chi connectivity index (χ4n) is 1.77. The first-order chi connectivity index (χ1) is 9.95. The van der Waals surface area contributed by atoms with Crippen LogP contribution in [0.4, 0.5) is 0 Å². The van der Waals surface area contributed by atoms with Crippen LogP contribution < -0.4 is 0 Å². The molecule has 0 radical (unpaired) electrons. The molecule has 0 amide bonds. The van der Waals surface area contributed by atoms with Crippen molar-refractivity contribution < 1.29 is 0 Å². The maximum Gasteiger partial charge on any atom is 0.208 e. The van der Waals surface area contributed by atoms with Crippen molar-refractivity contribution in [3.63, 3.8) is 0 Å². The van der Waals surface area contributed by atoms with E-state index in [1.165, 1.54) is 38.5 Å². The van der Waals surface area contributed by atoms with Crippen LogP contribution in [0.1, 0.15) is 38.5 Å². The molecule has 6 nitrogen and oxygen atoms in total. The first kappa shape index (κ1) is 15.4. The molecule has 110 valence electrons. The lowest BCUT2D eigenvalue weighted by Crippen LogP contribution is -1.86. The van der Waals surface area contributed by atoms with Crippen LogP contribution >= 0.6 is 23.5 Å². The van der Waals surface area contributed by atoms with Crippen LogP contribution in [0.25, 0.3) is 0 Å². The average molecular weight is 312 g/mol. The molecule has 2 N–H and O–H groups in total. The van der Waals surface area contributed by atoms with E-state index < -0.39 is 0 Å². The van der Waals surface area contributed by atoms with Gasteiger partial charge in [-0.05, 0) is 12.8 Å². The summed E-state index contributed by atoms with van der Waals surface area (Å²) >= 11 is 3.45. The van der Waals surface area contributed by atoms with Crippen LogP contribution in [-0.2, 0) is 0 Å². The largest absolute Gasteiger partial charge is 0.265 e. The lowest BCUT2D eigenvalue weighted by atomic mass is 10.1. The van der Waals surface area contributed by atoms with E-state index in [1.807, 2.05) is 0 Å². The molecule has 0 aliphatic heterocycles. The maximum absolute atomic E-state index is 4.09. The Morgan fingerprint density at radius 3 is 1.55 bits per heavy atom. The minimum atomic E-state index is 0.856. The third kappa shape index (κ3) is 6.42. The lowest BCUT2D eigenvalue weighted by Gasteiger charge is -2.01. The van der Waals surface area contributed by atoms with Crippen LogP contribution in [0, 0.1) is 0 Å². The monoisotopic (exact) mass is 312 g/mol. The second-order valence-corrected chi connectivity index (χ2v) is 6.51. The zero-order chi connectivity index (χ0) is 13.9. The SMILES string of the molecule is c1nc(SCCCCCCCCSc2nc[nH]n2)n[nH]1. The Balaban J connectivity index is 1.33. The third-order valence-electron chi connectivity index (χ3n) is 2.79. The summed E-state index contributed by atoms with van der Waals surface area (Å²) in [5.74, 6) is 2.22. The Bertz CT molecular complexity index is 389. The molecule has 0 unspecified atom stereocenters. The van der Waals surface area contributed by atoms with E-state index in [0.29, 0.717) is 0 Å². The van der Waals surface area contributed by atoms with Gasteiger partial charge in [-0.1, -0.05) is 49.2 Å². The molecule has 0 aliphatic rings. The highest BCUT2D eigenvalue weighted by Gasteiger charge is 1.98. The summed E-state index contributed by atoms with van der Waals surface area (Å²) in [6.07, 6.45) is 11.0. The van der Waals surface area contributed by atoms with Gasteiger partial charge in [-0.25, -0.2) is 9.97 Å². The molecule has 2 rings (SSSR count). The molecule has 0 atom stereocenters. The van der Waals surface area contributed by atoms with Crippen molar-refractivity contribution in [3.05, 3.63) is 12.7 Å². The van der Waals surface area contributed by atoms with Crippen LogP contribution in [0.5, 0.6) is 0 Å². The van der Waals surface area contributed by atoms with Gasteiger partial charge in [0, 0.05) is 11.5 Å². The van der Waals surface area contributed by atoms with E-state index in [0.717, 1.165) is 21.8 Å². The Morgan fingerprint density at radius 1 is 0.700 bits per heavy atom. The summed E-state index contributed by atoms with van der Waals surface area (Å²) in [6.45, 7) is 0. The second kappa shape index (κ2) is 9.82. The molecule has 2 aromatic rings. The molecule has 0 saturated carbocycles. The number of nitrogens with one attached hydrogen (secondary N) is 2. The third-order valence-corrected chi connectivity index (χ3v) is 4.68. The van der Waals surface area contributed by atoms with Crippen molar-refractivity contribution >= 4 is 23.5 Å². The molecule has 0 bridgehead atoms. The zero-order valence-electron chi connectivity index (χ0n) is 11.4. The summed E-state index contributed by atoms with van der Waals surface area (Å²) < 4.78 is 0. The summed E-state index contributed by atoms with van der Waals surface area (Å²) in [6, 6.07) is 0. The van der Waals surface area contributed by atoms with Crippen molar-refractivity contribution in [3.8, 4) is 0 Å². The summed E-state index contributed by atoms with van der Waals surface area (Å²) in [5.41, 5.74) is 0. The molecule has 2 heterocycles. The lowest BCUT2D eigenvalue weighted by molar-refractivity contribution is 0.629. The average Bonchev–Trinajstić information content (AvgIpc) is 3.14. The van der Waals surface area contributed by atoms with Crippen molar-refractivity contribution in [1.82, 2.24) is 30.4 Å². The number of H-pyrrole nitrogens is 2. The van der Waals surface area contributed by atoms with Crippen LogP contribution in [0.15, 0.2) is 23.0 Å². The smallest absolute Gasteiger partial charge is 0.208 e. The number of unbranched alkanes of at least 4 members (excludes halogenated alkanes) is 5. The van der Waals surface area contributed by atoms with Gasteiger partial charge in [0.05, 0.1) is 0 Å². The molecule has 8 heteroatoms. The van der Waals surface area contributed by atoms with Gasteiger partial charge in [0.15, 0.2) is 0 Å². The van der Waals surface area contributed by atoms with E-state index in [2.05, 4.69) is 30.4 Å². The molecule has 0 aromatic carbocycles. The summed E-state index contributed by atoms with van der Waals surface area (Å²) in [7, 11) is 0. The maximum atomic E-state index is 4.09. The van der Waals surface area contributed by atoms with E-state index >= 15 is 0 Å². The van der Waals surface area contributed by atoms with Crippen molar-refractivity contribution in [2.24, 2.45) is 0 Å². The van der Waals surface area contributed by atoms with Crippen molar-refractivity contribution in [2.45, 2.75) is 48.8 Å². The standard InChI is InChI=1S/C12H20N6S2/c1(3-5-7-19-11-13-9-15-17-11)2-4-6-8-20-12-14-10-16-18-12/h9-10H,1-8H2,(H,13,15,17)(H,14,16,18). The molecule has 0 fully saturated rings. The molecule has 0 saturated heterocycles. The van der Waals surface area contributed by atoms with Crippen LogP contribution in [0.2, 0.25) is 0 Å². The summed E-state index contributed by atoms with van der Waals surface area (Å²) in [4.78, 5) is 8.17. The van der Waals surface area contributed by atoms with Gasteiger partial charge >= 0.3 is 0 Å². The van der Waals surface area contributed by atoms with Crippen molar-refractivity contribution in [2.75, 3.05) is 11.5 Å². The molecule has 2 aromatic heterocycles. The first-order valence-electron chi connectivity index (χ1n) is 6.92. The van der Waals surface area contributed by atoms with Crippen LogP contribution in [0.3, 0.4) is 0 Å². The topological polar surface area (TPSA) is 83.1 Å². The highest BCUT2D eigenvalue weighted by atomic mass is 32.2. The highest BCUT2D eigenvalue weighted by molar-refractivity contribution is 7.99. The Kier molecular flexibility index (Phi) is 7.54. The number of nitrogens with zero attached hydrogens (tertiary/aromatic N) is 4. The number of thioether (sulfide) groups is 2. The van der Waals surface area contributed by atoms with Gasteiger partial charge in [0.2, 0.25) is 10.3 Å². The van der Waals surface area contributed by atoms with Crippen molar-refractivity contribution in [1.29, 1.82) is 0 Å². The number of hydrogen-bond donors (Lipinski definition) is 2. The van der Waals surface area contributed by atoms with Gasteiger partial charge in [0.25, 0.3) is 0 Å². The van der Waals surface area contributed by atoms with E-state index in [-0.39, 0.29) is 0 Å². The predicted molar refractivity (Wildman–Crippen MR) is 81.9 cm³/mol. The van der Waals surface area contributed by atoms with E-state index in [9.17, 15) is 0 Å². The van der Waals surface area contributed by atoms with E-state index in [4.69, 9.17) is 0 Å². The summed E-state index contributed by atoms with van der Waals surface area (Å²) in [5, 5.41) is 15.2. The van der Waals surface area contributed by atoms with Gasteiger partial charge in [-0.2, -0.15) is 0 Å². The number of hydrogen-bond acceptors (Lipinski definition) is 6. The van der Waals surface area contributed by atoms with Gasteiger partial charge < -0.3 is 0 Å².